The summed E-state index contributed by atoms with van der Waals surface area (Å²) < 4.78 is 0. The first-order valence-corrected chi connectivity index (χ1v) is 6.21. The molecule has 0 spiro atoms. The Hall–Kier alpha value is -1.77. The van der Waals surface area contributed by atoms with Crippen LogP contribution in [-0.2, 0) is 0 Å². The fourth-order valence-electron chi connectivity index (χ4n) is 2.29. The van der Waals surface area contributed by atoms with E-state index < -0.39 is 0 Å². The van der Waals surface area contributed by atoms with E-state index >= 15 is 0 Å². The van der Waals surface area contributed by atoms with E-state index in [4.69, 9.17) is 5.73 Å². The fourth-order valence-corrected chi connectivity index (χ4v) is 2.29. The lowest BCUT2D eigenvalue weighted by atomic mass is 9.85. The van der Waals surface area contributed by atoms with Gasteiger partial charge in [-0.2, -0.15) is 0 Å². The molecule has 1 aliphatic rings. The van der Waals surface area contributed by atoms with Gasteiger partial charge in [-0.1, -0.05) is 6.42 Å². The van der Waals surface area contributed by atoms with Gasteiger partial charge in [-0.25, -0.2) is 0 Å². The fraction of sp³-hybridized carbons (Fsp3) is 0.357. The van der Waals surface area contributed by atoms with Crippen molar-refractivity contribution in [2.45, 2.75) is 19.3 Å². The van der Waals surface area contributed by atoms with Crippen molar-refractivity contribution in [1.29, 1.82) is 0 Å². The van der Waals surface area contributed by atoms with Gasteiger partial charge in [0, 0.05) is 23.8 Å². The molecule has 0 bridgehead atoms. The predicted molar refractivity (Wildman–Crippen MR) is 72.0 cm³/mol. The van der Waals surface area contributed by atoms with Gasteiger partial charge in [-0.3, -0.25) is 4.98 Å². The lowest BCUT2D eigenvalue weighted by Gasteiger charge is -2.26. The van der Waals surface area contributed by atoms with Gasteiger partial charge < -0.3 is 11.1 Å². The highest BCUT2D eigenvalue weighted by Crippen LogP contribution is 2.29. The number of pyridine rings is 1. The molecule has 3 N–H and O–H groups in total. The van der Waals surface area contributed by atoms with E-state index in [0.717, 1.165) is 34.7 Å². The molecule has 0 aliphatic heterocycles. The average molecular weight is 227 g/mol. The lowest BCUT2D eigenvalue weighted by Crippen LogP contribution is -2.21. The number of hydrogen-bond donors (Lipinski definition) is 2. The van der Waals surface area contributed by atoms with Gasteiger partial charge >= 0.3 is 0 Å². The van der Waals surface area contributed by atoms with E-state index in [1.165, 1.54) is 19.3 Å². The number of benzene rings is 1. The van der Waals surface area contributed by atoms with Crippen molar-refractivity contribution < 1.29 is 0 Å². The molecule has 1 saturated carbocycles. The van der Waals surface area contributed by atoms with E-state index in [2.05, 4.69) is 10.3 Å². The summed E-state index contributed by atoms with van der Waals surface area (Å²) in [6, 6.07) is 7.93. The van der Waals surface area contributed by atoms with E-state index in [1.807, 2.05) is 30.5 Å². The smallest absolute Gasteiger partial charge is 0.0953 e. The molecule has 1 aromatic heterocycles. The highest BCUT2D eigenvalue weighted by Gasteiger charge is 2.17. The Bertz CT molecular complexity index is 532. The monoisotopic (exact) mass is 227 g/mol. The number of anilines is 2. The van der Waals surface area contributed by atoms with E-state index in [-0.39, 0.29) is 0 Å². The van der Waals surface area contributed by atoms with Crippen LogP contribution in [0.25, 0.3) is 10.9 Å². The van der Waals surface area contributed by atoms with E-state index in [1.54, 1.807) is 0 Å². The summed E-state index contributed by atoms with van der Waals surface area (Å²) in [7, 11) is 0. The second-order valence-corrected chi connectivity index (χ2v) is 4.78. The minimum absolute atomic E-state index is 0.794. The summed E-state index contributed by atoms with van der Waals surface area (Å²) in [6.45, 7) is 1.05. The number of rotatable bonds is 3. The number of fused-ring (bicyclic) bond motifs is 1. The van der Waals surface area contributed by atoms with Crippen LogP contribution in [0.3, 0.4) is 0 Å². The quantitative estimate of drug-likeness (QED) is 0.792. The molecule has 0 amide bonds. The minimum atomic E-state index is 0.794. The van der Waals surface area contributed by atoms with Crippen molar-refractivity contribution in [2.24, 2.45) is 5.92 Å². The first-order chi connectivity index (χ1) is 8.34. The van der Waals surface area contributed by atoms with Crippen molar-refractivity contribution in [3.63, 3.8) is 0 Å². The van der Waals surface area contributed by atoms with Crippen LogP contribution in [-0.4, -0.2) is 11.5 Å². The van der Waals surface area contributed by atoms with E-state index in [0.29, 0.717) is 0 Å². The minimum Gasteiger partial charge on any atom is -0.398 e. The maximum atomic E-state index is 5.95. The summed E-state index contributed by atoms with van der Waals surface area (Å²) in [5, 5.41) is 4.53. The van der Waals surface area contributed by atoms with Crippen LogP contribution >= 0.6 is 0 Å². The first kappa shape index (κ1) is 10.4. The lowest BCUT2D eigenvalue weighted by molar-refractivity contribution is 0.333. The second-order valence-electron chi connectivity index (χ2n) is 4.78. The molecule has 0 radical (unpaired) electrons. The molecule has 3 heteroatoms. The number of nitrogen functional groups attached to an aromatic ring is 1. The molecule has 88 valence electrons. The molecule has 17 heavy (non-hydrogen) atoms. The Kier molecular flexibility index (Phi) is 2.59. The van der Waals surface area contributed by atoms with Crippen LogP contribution in [0.5, 0.6) is 0 Å². The summed E-state index contributed by atoms with van der Waals surface area (Å²) >= 11 is 0. The van der Waals surface area contributed by atoms with Gasteiger partial charge in [0.25, 0.3) is 0 Å². The third-order valence-corrected chi connectivity index (χ3v) is 3.61. The Morgan fingerprint density at radius 3 is 2.94 bits per heavy atom. The van der Waals surface area contributed by atoms with Crippen LogP contribution in [0.2, 0.25) is 0 Å². The largest absolute Gasteiger partial charge is 0.398 e. The van der Waals surface area contributed by atoms with Crippen LogP contribution in [0.15, 0.2) is 30.5 Å². The van der Waals surface area contributed by atoms with Crippen LogP contribution in [0.1, 0.15) is 19.3 Å². The third kappa shape index (κ3) is 1.93. The van der Waals surface area contributed by atoms with Crippen LogP contribution < -0.4 is 11.1 Å². The third-order valence-electron chi connectivity index (χ3n) is 3.61. The Balaban J connectivity index is 1.90. The number of hydrogen-bond acceptors (Lipinski definition) is 3. The zero-order valence-corrected chi connectivity index (χ0v) is 9.82. The maximum absolute atomic E-state index is 5.95. The SMILES string of the molecule is Nc1ccc(NCC2CCC2)c2ncccc12. The molecule has 0 saturated heterocycles. The number of nitrogens with two attached hydrogens (primary N) is 1. The average Bonchev–Trinajstić information content (AvgIpc) is 2.30. The van der Waals surface area contributed by atoms with Gasteiger partial charge in [0.15, 0.2) is 0 Å². The molecule has 0 atom stereocenters. The van der Waals surface area contributed by atoms with Crippen molar-refractivity contribution in [3.8, 4) is 0 Å². The molecule has 2 aromatic rings. The molecular weight excluding hydrogens is 210 g/mol. The molecule has 1 heterocycles. The first-order valence-electron chi connectivity index (χ1n) is 6.21. The van der Waals surface area contributed by atoms with Crippen molar-refractivity contribution in [2.75, 3.05) is 17.6 Å². The Morgan fingerprint density at radius 2 is 2.18 bits per heavy atom. The molecule has 1 fully saturated rings. The van der Waals surface area contributed by atoms with E-state index in [9.17, 15) is 0 Å². The van der Waals surface area contributed by atoms with Gasteiger partial charge in [0.1, 0.15) is 0 Å². The molecule has 1 aromatic carbocycles. The molecule has 0 unspecified atom stereocenters. The maximum Gasteiger partial charge on any atom is 0.0953 e. The number of aromatic nitrogens is 1. The summed E-state index contributed by atoms with van der Waals surface area (Å²) in [6.07, 6.45) is 5.91. The van der Waals surface area contributed by atoms with Gasteiger partial charge in [-0.05, 0) is 43.0 Å². The normalized spacial score (nSPS) is 15.8. The topological polar surface area (TPSA) is 50.9 Å². The zero-order chi connectivity index (χ0) is 11.7. The summed E-state index contributed by atoms with van der Waals surface area (Å²) in [4.78, 5) is 4.42. The van der Waals surface area contributed by atoms with Crippen LogP contribution in [0.4, 0.5) is 11.4 Å². The Labute approximate surface area is 101 Å². The summed E-state index contributed by atoms with van der Waals surface area (Å²) in [5.41, 5.74) is 8.82. The molecule has 3 rings (SSSR count). The molecule has 1 aliphatic carbocycles. The van der Waals surface area contributed by atoms with Gasteiger partial charge in [0.05, 0.1) is 11.2 Å². The number of nitrogens with one attached hydrogen (secondary N) is 1. The summed E-state index contributed by atoms with van der Waals surface area (Å²) in [5.74, 6) is 0.839. The second kappa shape index (κ2) is 4.24. The van der Waals surface area contributed by atoms with Crippen molar-refractivity contribution >= 4 is 22.3 Å². The number of nitrogens with zero attached hydrogens (tertiary/aromatic N) is 1. The molecular formula is C14H17N3. The van der Waals surface area contributed by atoms with Gasteiger partial charge in [0.2, 0.25) is 0 Å². The zero-order valence-electron chi connectivity index (χ0n) is 9.82. The van der Waals surface area contributed by atoms with Crippen LogP contribution in [0, 0.1) is 5.92 Å². The molecule has 3 nitrogen and oxygen atoms in total. The van der Waals surface area contributed by atoms with Crippen molar-refractivity contribution in [3.05, 3.63) is 30.5 Å². The van der Waals surface area contributed by atoms with Crippen molar-refractivity contribution in [1.82, 2.24) is 4.98 Å². The highest BCUT2D eigenvalue weighted by molar-refractivity contribution is 5.98. The predicted octanol–water partition coefficient (Wildman–Crippen LogP) is 3.03. The van der Waals surface area contributed by atoms with Gasteiger partial charge in [-0.15, -0.1) is 0 Å². The Morgan fingerprint density at radius 1 is 1.29 bits per heavy atom. The standard InChI is InChI=1S/C14H17N3/c15-12-6-7-13(17-9-10-3-1-4-10)14-11(12)5-2-8-16-14/h2,5-8,10,17H,1,3-4,9,15H2. The highest BCUT2D eigenvalue weighted by atomic mass is 14.9.